The first-order valence-electron chi connectivity index (χ1n) is 6.02. The van der Waals surface area contributed by atoms with Gasteiger partial charge in [0.25, 0.3) is 5.91 Å². The Labute approximate surface area is 101 Å². The summed E-state index contributed by atoms with van der Waals surface area (Å²) >= 11 is 0. The van der Waals surface area contributed by atoms with Gasteiger partial charge < -0.3 is 10.6 Å². The highest BCUT2D eigenvalue weighted by molar-refractivity contribution is 5.93. The van der Waals surface area contributed by atoms with E-state index in [9.17, 15) is 4.79 Å². The van der Waals surface area contributed by atoms with Gasteiger partial charge in [0.1, 0.15) is 6.33 Å². The molecular weight excluding hydrogens is 216 g/mol. The highest BCUT2D eigenvalue weighted by Crippen LogP contribution is 2.19. The van der Waals surface area contributed by atoms with Crippen LogP contribution in [0.25, 0.3) is 0 Å². The first kappa shape index (κ1) is 12.0. The summed E-state index contributed by atoms with van der Waals surface area (Å²) in [5, 5.41) is 0. The molecule has 5 nitrogen and oxygen atoms in total. The van der Waals surface area contributed by atoms with Gasteiger partial charge in [-0.05, 0) is 12.3 Å². The summed E-state index contributed by atoms with van der Waals surface area (Å²) in [5.41, 5.74) is 6.58. The minimum atomic E-state index is 0.0101. The molecule has 0 aliphatic carbocycles. The number of likely N-dealkylation sites (tertiary alicyclic amines) is 1. The Morgan fingerprint density at radius 3 is 2.88 bits per heavy atom. The molecule has 2 unspecified atom stereocenters. The van der Waals surface area contributed by atoms with E-state index in [1.54, 1.807) is 12.4 Å². The molecule has 0 radical (unpaired) electrons. The molecule has 0 saturated carbocycles. The highest BCUT2D eigenvalue weighted by Gasteiger charge is 2.28. The second-order valence-corrected chi connectivity index (χ2v) is 4.50. The molecule has 1 amide bonds. The number of rotatable bonds is 2. The Morgan fingerprint density at radius 2 is 2.24 bits per heavy atom. The van der Waals surface area contributed by atoms with Crippen molar-refractivity contribution in [3.8, 4) is 0 Å². The first-order chi connectivity index (χ1) is 8.22. The van der Waals surface area contributed by atoms with E-state index in [4.69, 9.17) is 5.73 Å². The van der Waals surface area contributed by atoms with Gasteiger partial charge >= 0.3 is 0 Å². The molecule has 2 rings (SSSR count). The van der Waals surface area contributed by atoms with E-state index >= 15 is 0 Å². The fraction of sp³-hybridized carbons (Fsp3) is 0.583. The molecule has 0 spiro atoms. The molecule has 1 aromatic rings. The van der Waals surface area contributed by atoms with Gasteiger partial charge in [-0.1, -0.05) is 13.3 Å². The first-order valence-corrected chi connectivity index (χ1v) is 6.02. The normalized spacial score (nSPS) is 24.7. The third-order valence-corrected chi connectivity index (χ3v) is 3.41. The number of hydrogen-bond donors (Lipinski definition) is 1. The van der Waals surface area contributed by atoms with Gasteiger partial charge in [-0.3, -0.25) is 4.79 Å². The molecule has 2 heterocycles. The fourth-order valence-corrected chi connectivity index (χ4v) is 2.26. The monoisotopic (exact) mass is 234 g/mol. The average molecular weight is 234 g/mol. The molecule has 1 aliphatic rings. The number of carbonyl (C=O) groups excluding carboxylic acids is 1. The van der Waals surface area contributed by atoms with Gasteiger partial charge in [-0.15, -0.1) is 0 Å². The van der Waals surface area contributed by atoms with Crippen LogP contribution in [0.3, 0.4) is 0 Å². The predicted molar refractivity (Wildman–Crippen MR) is 64.3 cm³/mol. The van der Waals surface area contributed by atoms with Crippen LogP contribution >= 0.6 is 0 Å². The van der Waals surface area contributed by atoms with Gasteiger partial charge in [-0.2, -0.15) is 0 Å². The Morgan fingerprint density at radius 1 is 1.53 bits per heavy atom. The summed E-state index contributed by atoms with van der Waals surface area (Å²) in [7, 11) is 0. The number of hydrogen-bond acceptors (Lipinski definition) is 4. The molecule has 1 saturated heterocycles. The zero-order chi connectivity index (χ0) is 12.3. The lowest BCUT2D eigenvalue weighted by Gasteiger charge is -2.36. The summed E-state index contributed by atoms with van der Waals surface area (Å²) in [4.78, 5) is 21.8. The summed E-state index contributed by atoms with van der Waals surface area (Å²) in [5.74, 6) is 0.410. The van der Waals surface area contributed by atoms with Crippen LogP contribution < -0.4 is 5.73 Å². The maximum atomic E-state index is 12.2. The lowest BCUT2D eigenvalue weighted by atomic mass is 9.90. The van der Waals surface area contributed by atoms with Crippen molar-refractivity contribution in [3.05, 3.63) is 24.3 Å². The number of aromatic nitrogens is 2. The van der Waals surface area contributed by atoms with Crippen LogP contribution in [-0.4, -0.2) is 39.9 Å². The summed E-state index contributed by atoms with van der Waals surface area (Å²) < 4.78 is 0. The average Bonchev–Trinajstić information content (AvgIpc) is 2.39. The third-order valence-electron chi connectivity index (χ3n) is 3.41. The van der Waals surface area contributed by atoms with Crippen molar-refractivity contribution in [3.63, 3.8) is 0 Å². The van der Waals surface area contributed by atoms with Crippen molar-refractivity contribution in [1.82, 2.24) is 14.9 Å². The Bertz CT molecular complexity index is 381. The maximum Gasteiger partial charge on any atom is 0.257 e. The van der Waals surface area contributed by atoms with E-state index in [1.807, 2.05) is 4.90 Å². The molecule has 1 fully saturated rings. The smallest absolute Gasteiger partial charge is 0.257 e. The van der Waals surface area contributed by atoms with Crippen LogP contribution in [0.4, 0.5) is 0 Å². The molecule has 1 aromatic heterocycles. The van der Waals surface area contributed by atoms with E-state index in [0.29, 0.717) is 11.5 Å². The summed E-state index contributed by atoms with van der Waals surface area (Å²) in [6, 6.07) is 0.219. The second kappa shape index (κ2) is 5.23. The van der Waals surface area contributed by atoms with E-state index in [-0.39, 0.29) is 11.9 Å². The number of nitrogens with zero attached hydrogens (tertiary/aromatic N) is 3. The molecule has 2 N–H and O–H groups in total. The number of carbonyl (C=O) groups is 1. The van der Waals surface area contributed by atoms with Crippen LogP contribution in [-0.2, 0) is 0 Å². The van der Waals surface area contributed by atoms with Crippen molar-refractivity contribution in [2.24, 2.45) is 11.7 Å². The molecular formula is C12H18N4O. The van der Waals surface area contributed by atoms with Crippen LogP contribution in [0.5, 0.6) is 0 Å². The number of piperidine rings is 1. The largest absolute Gasteiger partial charge is 0.338 e. The molecule has 92 valence electrons. The van der Waals surface area contributed by atoms with Gasteiger partial charge in [0.05, 0.1) is 5.56 Å². The van der Waals surface area contributed by atoms with Crippen molar-refractivity contribution in [2.45, 2.75) is 25.8 Å². The van der Waals surface area contributed by atoms with E-state index in [1.165, 1.54) is 6.33 Å². The molecule has 5 heteroatoms. The molecule has 2 atom stereocenters. The number of amides is 1. The van der Waals surface area contributed by atoms with E-state index in [2.05, 4.69) is 16.9 Å². The van der Waals surface area contributed by atoms with Gasteiger partial charge in [-0.25, -0.2) is 9.97 Å². The lowest BCUT2D eigenvalue weighted by molar-refractivity contribution is 0.0648. The quantitative estimate of drug-likeness (QED) is 0.816. The Balaban J connectivity index is 2.06. The van der Waals surface area contributed by atoms with Gasteiger partial charge in [0.2, 0.25) is 0 Å². The minimum Gasteiger partial charge on any atom is -0.338 e. The van der Waals surface area contributed by atoms with Crippen molar-refractivity contribution in [2.75, 3.05) is 13.1 Å². The van der Waals surface area contributed by atoms with Gasteiger partial charge in [0, 0.05) is 31.5 Å². The SMILES string of the molecule is CCC1CN(C(=O)c2cncnc2)CCC1N. The zero-order valence-corrected chi connectivity index (χ0v) is 10.0. The predicted octanol–water partition coefficient (Wildman–Crippen LogP) is 0.676. The minimum absolute atomic E-state index is 0.0101. The molecule has 17 heavy (non-hydrogen) atoms. The van der Waals surface area contributed by atoms with Crippen LogP contribution in [0, 0.1) is 5.92 Å². The standard InChI is InChI=1S/C12H18N4O/c1-2-9-7-16(4-3-11(9)13)12(17)10-5-14-8-15-6-10/h5-6,8-9,11H,2-4,7,13H2,1H3. The van der Waals surface area contributed by atoms with Crippen LogP contribution in [0.2, 0.25) is 0 Å². The second-order valence-electron chi connectivity index (χ2n) is 4.50. The van der Waals surface area contributed by atoms with Crippen molar-refractivity contribution in [1.29, 1.82) is 0 Å². The van der Waals surface area contributed by atoms with Crippen LogP contribution in [0.15, 0.2) is 18.7 Å². The highest BCUT2D eigenvalue weighted by atomic mass is 16.2. The summed E-state index contributed by atoms with van der Waals surface area (Å²) in [6.07, 6.45) is 6.43. The molecule has 0 bridgehead atoms. The molecule has 1 aliphatic heterocycles. The molecule has 0 aromatic carbocycles. The Kier molecular flexibility index (Phi) is 3.68. The van der Waals surface area contributed by atoms with Crippen molar-refractivity contribution < 1.29 is 4.79 Å². The fourth-order valence-electron chi connectivity index (χ4n) is 2.26. The van der Waals surface area contributed by atoms with E-state index in [0.717, 1.165) is 25.9 Å². The topological polar surface area (TPSA) is 72.1 Å². The summed E-state index contributed by atoms with van der Waals surface area (Å²) in [6.45, 7) is 3.58. The zero-order valence-electron chi connectivity index (χ0n) is 10.0. The Hall–Kier alpha value is -1.49. The lowest BCUT2D eigenvalue weighted by Crippen LogP contribution is -2.49. The third kappa shape index (κ3) is 2.61. The van der Waals surface area contributed by atoms with Crippen LogP contribution in [0.1, 0.15) is 30.1 Å². The van der Waals surface area contributed by atoms with Crippen molar-refractivity contribution >= 4 is 5.91 Å². The van der Waals surface area contributed by atoms with Gasteiger partial charge in [0.15, 0.2) is 0 Å². The maximum absolute atomic E-state index is 12.2. The number of nitrogens with two attached hydrogens (primary N) is 1. The van der Waals surface area contributed by atoms with E-state index < -0.39 is 0 Å².